The van der Waals surface area contributed by atoms with Crippen LogP contribution >= 0.6 is 0 Å². The molecule has 0 atom stereocenters. The third kappa shape index (κ3) is 6.09. The third-order valence-corrected chi connectivity index (χ3v) is 3.02. The molecule has 0 aromatic heterocycles. The molecule has 1 rings (SSSR count). The smallest absolute Gasteiger partial charge is 0.303 e. The van der Waals surface area contributed by atoms with Gasteiger partial charge in [-0.2, -0.15) is 5.26 Å². The van der Waals surface area contributed by atoms with Gasteiger partial charge in [0.1, 0.15) is 11.6 Å². The van der Waals surface area contributed by atoms with Gasteiger partial charge in [0.15, 0.2) is 0 Å². The van der Waals surface area contributed by atoms with Crippen LogP contribution in [0.3, 0.4) is 0 Å². The van der Waals surface area contributed by atoms with E-state index in [0.717, 1.165) is 11.1 Å². The highest BCUT2D eigenvalue weighted by molar-refractivity contribution is 5.97. The van der Waals surface area contributed by atoms with Crippen LogP contribution < -0.4 is 10.6 Å². The summed E-state index contributed by atoms with van der Waals surface area (Å²) in [4.78, 5) is 22.1. The molecule has 116 valence electrons. The zero-order chi connectivity index (χ0) is 16.4. The predicted molar refractivity (Wildman–Crippen MR) is 81.6 cm³/mol. The van der Waals surface area contributed by atoms with Crippen molar-refractivity contribution < 1.29 is 14.7 Å². The molecular formula is C16H19N3O3. The van der Waals surface area contributed by atoms with Crippen LogP contribution in [-0.2, 0) is 16.1 Å². The molecule has 0 aliphatic heterocycles. The van der Waals surface area contributed by atoms with Crippen molar-refractivity contribution in [2.45, 2.75) is 26.3 Å². The Labute approximate surface area is 129 Å². The highest BCUT2D eigenvalue weighted by Gasteiger charge is 2.08. The molecule has 0 saturated carbocycles. The van der Waals surface area contributed by atoms with Gasteiger partial charge in [0, 0.05) is 25.7 Å². The zero-order valence-corrected chi connectivity index (χ0v) is 12.4. The number of hydrogen-bond acceptors (Lipinski definition) is 4. The highest BCUT2D eigenvalue weighted by Crippen LogP contribution is 2.06. The minimum atomic E-state index is -0.912. The van der Waals surface area contributed by atoms with E-state index in [0.29, 0.717) is 13.0 Å². The van der Waals surface area contributed by atoms with Gasteiger partial charge in [-0.3, -0.25) is 9.59 Å². The van der Waals surface area contributed by atoms with Crippen molar-refractivity contribution in [1.82, 2.24) is 10.6 Å². The van der Waals surface area contributed by atoms with E-state index in [1.165, 1.54) is 6.20 Å². The maximum Gasteiger partial charge on any atom is 0.303 e. The van der Waals surface area contributed by atoms with Gasteiger partial charge < -0.3 is 15.7 Å². The molecule has 22 heavy (non-hydrogen) atoms. The van der Waals surface area contributed by atoms with Gasteiger partial charge in [-0.15, -0.1) is 0 Å². The van der Waals surface area contributed by atoms with Gasteiger partial charge in [-0.25, -0.2) is 0 Å². The van der Waals surface area contributed by atoms with Crippen molar-refractivity contribution in [1.29, 1.82) is 5.26 Å². The second kappa shape index (κ2) is 9.19. The first-order valence-corrected chi connectivity index (χ1v) is 6.92. The zero-order valence-electron chi connectivity index (χ0n) is 12.4. The Morgan fingerprint density at radius 2 is 2.09 bits per heavy atom. The number of carbonyl (C=O) groups is 2. The molecule has 1 aromatic rings. The van der Waals surface area contributed by atoms with E-state index < -0.39 is 11.9 Å². The Balaban J connectivity index is 2.46. The molecule has 3 N–H and O–H groups in total. The second-order valence-electron chi connectivity index (χ2n) is 4.73. The van der Waals surface area contributed by atoms with Gasteiger partial charge >= 0.3 is 5.97 Å². The largest absolute Gasteiger partial charge is 0.481 e. The Hall–Kier alpha value is -2.81. The number of carboxylic acids is 1. The number of carboxylic acid groups (broad SMARTS) is 1. The van der Waals surface area contributed by atoms with E-state index in [4.69, 9.17) is 10.4 Å². The summed E-state index contributed by atoms with van der Waals surface area (Å²) in [5, 5.41) is 22.9. The standard InChI is InChI=1S/C16H19N3O3/c1-12-5-2-3-6-13(12)10-18-11-14(9-17)16(22)19-8-4-7-15(20)21/h2-3,5-6,11,18H,4,7-8,10H2,1H3,(H,19,22)(H,20,21)/b14-11-. The summed E-state index contributed by atoms with van der Waals surface area (Å²) in [6.07, 6.45) is 1.69. The van der Waals surface area contributed by atoms with E-state index in [-0.39, 0.29) is 18.5 Å². The first kappa shape index (κ1) is 17.2. The van der Waals surface area contributed by atoms with Crippen LogP contribution in [0, 0.1) is 18.3 Å². The summed E-state index contributed by atoms with van der Waals surface area (Å²) in [6.45, 7) is 2.73. The van der Waals surface area contributed by atoms with Gasteiger partial charge in [0.05, 0.1) is 0 Å². The average Bonchev–Trinajstić information content (AvgIpc) is 2.49. The van der Waals surface area contributed by atoms with Crippen molar-refractivity contribution in [2.24, 2.45) is 0 Å². The molecule has 0 saturated heterocycles. The number of nitrogens with zero attached hydrogens (tertiary/aromatic N) is 1. The van der Waals surface area contributed by atoms with Crippen molar-refractivity contribution >= 4 is 11.9 Å². The van der Waals surface area contributed by atoms with Crippen molar-refractivity contribution in [3.63, 3.8) is 0 Å². The summed E-state index contributed by atoms with van der Waals surface area (Å²) in [7, 11) is 0. The first-order chi connectivity index (χ1) is 10.5. The molecular weight excluding hydrogens is 282 g/mol. The van der Waals surface area contributed by atoms with Crippen LogP contribution in [0.2, 0.25) is 0 Å². The van der Waals surface area contributed by atoms with Crippen LogP contribution in [0.15, 0.2) is 36.0 Å². The Kier molecular flexibility index (Phi) is 7.20. The third-order valence-electron chi connectivity index (χ3n) is 3.02. The second-order valence-corrected chi connectivity index (χ2v) is 4.73. The molecule has 0 bridgehead atoms. The fourth-order valence-electron chi connectivity index (χ4n) is 1.76. The number of nitriles is 1. The molecule has 0 fully saturated rings. The fourth-order valence-corrected chi connectivity index (χ4v) is 1.76. The highest BCUT2D eigenvalue weighted by atomic mass is 16.4. The molecule has 0 aliphatic carbocycles. The number of hydrogen-bond donors (Lipinski definition) is 3. The maximum absolute atomic E-state index is 11.7. The molecule has 0 radical (unpaired) electrons. The first-order valence-electron chi connectivity index (χ1n) is 6.92. The van der Waals surface area contributed by atoms with Crippen LogP contribution in [-0.4, -0.2) is 23.5 Å². The molecule has 0 spiro atoms. The minimum Gasteiger partial charge on any atom is -0.481 e. The van der Waals surface area contributed by atoms with Crippen LogP contribution in [0.5, 0.6) is 0 Å². The van der Waals surface area contributed by atoms with Crippen LogP contribution in [0.4, 0.5) is 0 Å². The molecule has 1 aromatic carbocycles. The van der Waals surface area contributed by atoms with E-state index in [9.17, 15) is 9.59 Å². The van der Waals surface area contributed by atoms with E-state index >= 15 is 0 Å². The molecule has 1 amide bonds. The van der Waals surface area contributed by atoms with Gasteiger partial charge in [0.2, 0.25) is 0 Å². The minimum absolute atomic E-state index is 0.0165. The van der Waals surface area contributed by atoms with E-state index in [1.807, 2.05) is 37.3 Å². The van der Waals surface area contributed by atoms with Crippen molar-refractivity contribution in [2.75, 3.05) is 6.54 Å². The lowest BCUT2D eigenvalue weighted by Crippen LogP contribution is -2.27. The number of carbonyl (C=O) groups excluding carboxylic acids is 1. The fraction of sp³-hybridized carbons (Fsp3) is 0.312. The molecule has 0 heterocycles. The quantitative estimate of drug-likeness (QED) is 0.383. The number of benzene rings is 1. The Morgan fingerprint density at radius 3 is 2.73 bits per heavy atom. The summed E-state index contributed by atoms with van der Waals surface area (Å²) >= 11 is 0. The number of amides is 1. The predicted octanol–water partition coefficient (Wildman–Crippen LogP) is 1.47. The molecule has 6 nitrogen and oxygen atoms in total. The molecule has 0 aliphatic rings. The maximum atomic E-state index is 11.7. The number of aliphatic carboxylic acids is 1. The summed E-state index contributed by atoms with van der Waals surface area (Å²) in [6, 6.07) is 9.65. The Bertz CT molecular complexity index is 603. The van der Waals surface area contributed by atoms with Gasteiger partial charge in [0.25, 0.3) is 5.91 Å². The normalized spacial score (nSPS) is 10.6. The van der Waals surface area contributed by atoms with Crippen LogP contribution in [0.1, 0.15) is 24.0 Å². The van der Waals surface area contributed by atoms with Crippen molar-refractivity contribution in [3.05, 3.63) is 47.2 Å². The Morgan fingerprint density at radius 1 is 1.36 bits per heavy atom. The number of rotatable bonds is 8. The molecule has 6 heteroatoms. The SMILES string of the molecule is Cc1ccccc1CN/C=C(/C#N)C(=O)NCCCC(=O)O. The number of nitrogens with one attached hydrogen (secondary N) is 2. The summed E-state index contributed by atoms with van der Waals surface area (Å²) < 4.78 is 0. The van der Waals surface area contributed by atoms with Crippen molar-refractivity contribution in [3.8, 4) is 6.07 Å². The summed E-state index contributed by atoms with van der Waals surface area (Å²) in [5.41, 5.74) is 2.17. The van der Waals surface area contributed by atoms with Crippen LogP contribution in [0.25, 0.3) is 0 Å². The van der Waals surface area contributed by atoms with Gasteiger partial charge in [-0.1, -0.05) is 24.3 Å². The molecule has 0 unspecified atom stereocenters. The summed E-state index contributed by atoms with van der Waals surface area (Å²) in [5.74, 6) is -1.42. The topological polar surface area (TPSA) is 102 Å². The lowest BCUT2D eigenvalue weighted by molar-refractivity contribution is -0.137. The number of aryl methyl sites for hydroxylation is 1. The average molecular weight is 301 g/mol. The van der Waals surface area contributed by atoms with Gasteiger partial charge in [-0.05, 0) is 24.5 Å². The monoisotopic (exact) mass is 301 g/mol. The lowest BCUT2D eigenvalue weighted by Gasteiger charge is -2.06. The lowest BCUT2D eigenvalue weighted by atomic mass is 10.1. The van der Waals surface area contributed by atoms with E-state index in [2.05, 4.69) is 10.6 Å². The van der Waals surface area contributed by atoms with E-state index in [1.54, 1.807) is 0 Å².